The largest absolute Gasteiger partial charge is 0.309 e. The molecule has 3 heteroatoms. The van der Waals surface area contributed by atoms with Crippen LogP contribution in [0.3, 0.4) is 0 Å². The van der Waals surface area contributed by atoms with Gasteiger partial charge in [-0.1, -0.05) is 31.2 Å². The van der Waals surface area contributed by atoms with Crippen molar-refractivity contribution in [3.8, 4) is 0 Å². The van der Waals surface area contributed by atoms with Crippen molar-refractivity contribution in [3.05, 3.63) is 35.4 Å². The Balaban J connectivity index is 1.77. The molecule has 116 valence electrons. The Morgan fingerprint density at radius 3 is 2.86 bits per heavy atom. The van der Waals surface area contributed by atoms with Crippen LogP contribution in [0, 0.1) is 0 Å². The van der Waals surface area contributed by atoms with Crippen molar-refractivity contribution in [2.45, 2.75) is 38.3 Å². The van der Waals surface area contributed by atoms with Gasteiger partial charge in [0, 0.05) is 25.2 Å². The van der Waals surface area contributed by atoms with Gasteiger partial charge in [0.05, 0.1) is 0 Å². The van der Waals surface area contributed by atoms with Gasteiger partial charge in [-0.15, -0.1) is 0 Å². The molecule has 0 bridgehead atoms. The average molecular weight is 287 g/mol. The highest BCUT2D eigenvalue weighted by atomic mass is 15.2. The second-order valence-corrected chi connectivity index (χ2v) is 6.59. The van der Waals surface area contributed by atoms with Crippen LogP contribution in [-0.4, -0.2) is 55.6 Å². The van der Waals surface area contributed by atoms with Crippen LogP contribution in [0.4, 0.5) is 0 Å². The van der Waals surface area contributed by atoms with E-state index in [4.69, 9.17) is 0 Å². The standard InChI is InChI=1S/C18H29N3/c1-3-9-19-18-16-8-5-4-7-15(16)14-17(18)21-11-6-10-20(2)12-13-21/h4-5,7-8,17-19H,3,6,9-14H2,1-2H3. The third-order valence-corrected chi connectivity index (χ3v) is 5.04. The van der Waals surface area contributed by atoms with E-state index in [0.29, 0.717) is 12.1 Å². The molecular weight excluding hydrogens is 258 g/mol. The van der Waals surface area contributed by atoms with Gasteiger partial charge in [-0.25, -0.2) is 0 Å². The zero-order valence-corrected chi connectivity index (χ0v) is 13.5. The zero-order valence-electron chi connectivity index (χ0n) is 13.5. The van der Waals surface area contributed by atoms with E-state index in [0.717, 1.165) is 6.54 Å². The summed E-state index contributed by atoms with van der Waals surface area (Å²) in [4.78, 5) is 5.20. The van der Waals surface area contributed by atoms with E-state index in [1.807, 2.05) is 0 Å². The van der Waals surface area contributed by atoms with Crippen molar-refractivity contribution in [1.29, 1.82) is 0 Å². The first-order valence-corrected chi connectivity index (χ1v) is 8.53. The summed E-state index contributed by atoms with van der Waals surface area (Å²) in [5, 5.41) is 3.81. The van der Waals surface area contributed by atoms with Gasteiger partial charge in [-0.3, -0.25) is 4.90 Å². The highest BCUT2D eigenvalue weighted by molar-refractivity contribution is 5.37. The maximum absolute atomic E-state index is 3.81. The monoisotopic (exact) mass is 287 g/mol. The number of hydrogen-bond acceptors (Lipinski definition) is 3. The van der Waals surface area contributed by atoms with Crippen molar-refractivity contribution in [3.63, 3.8) is 0 Å². The molecule has 1 N–H and O–H groups in total. The lowest BCUT2D eigenvalue weighted by Crippen LogP contribution is -2.44. The van der Waals surface area contributed by atoms with E-state index in [9.17, 15) is 0 Å². The summed E-state index contributed by atoms with van der Waals surface area (Å²) in [7, 11) is 2.25. The summed E-state index contributed by atoms with van der Waals surface area (Å²) in [5.74, 6) is 0. The predicted molar refractivity (Wildman–Crippen MR) is 88.7 cm³/mol. The lowest BCUT2D eigenvalue weighted by molar-refractivity contribution is 0.171. The minimum atomic E-state index is 0.518. The molecule has 1 aromatic carbocycles. The Hall–Kier alpha value is -0.900. The van der Waals surface area contributed by atoms with Crippen LogP contribution < -0.4 is 5.32 Å². The molecule has 21 heavy (non-hydrogen) atoms. The summed E-state index contributed by atoms with van der Waals surface area (Å²) in [5.41, 5.74) is 3.09. The fraction of sp³-hybridized carbons (Fsp3) is 0.667. The molecule has 1 aliphatic carbocycles. The Kier molecular flexibility index (Phi) is 4.94. The van der Waals surface area contributed by atoms with Crippen molar-refractivity contribution >= 4 is 0 Å². The van der Waals surface area contributed by atoms with E-state index in [2.05, 4.69) is 53.4 Å². The summed E-state index contributed by atoms with van der Waals surface area (Å²) in [6, 6.07) is 10.2. The number of hydrogen-bond donors (Lipinski definition) is 1. The maximum Gasteiger partial charge on any atom is 0.0484 e. The quantitative estimate of drug-likeness (QED) is 0.916. The maximum atomic E-state index is 3.81. The number of likely N-dealkylation sites (N-methyl/N-ethyl adjacent to an activating group) is 1. The van der Waals surface area contributed by atoms with E-state index in [-0.39, 0.29) is 0 Å². The van der Waals surface area contributed by atoms with Gasteiger partial charge in [0.25, 0.3) is 0 Å². The van der Waals surface area contributed by atoms with Gasteiger partial charge in [0.15, 0.2) is 0 Å². The molecular formula is C18H29N3. The molecule has 1 aliphatic heterocycles. The van der Waals surface area contributed by atoms with Crippen molar-refractivity contribution in [2.75, 3.05) is 39.8 Å². The van der Waals surface area contributed by atoms with Crippen molar-refractivity contribution < 1.29 is 0 Å². The van der Waals surface area contributed by atoms with Crippen LogP contribution in [0.15, 0.2) is 24.3 Å². The van der Waals surface area contributed by atoms with E-state index < -0.39 is 0 Å². The topological polar surface area (TPSA) is 18.5 Å². The molecule has 0 aromatic heterocycles. The van der Waals surface area contributed by atoms with Crippen LogP contribution in [0.25, 0.3) is 0 Å². The minimum absolute atomic E-state index is 0.518. The summed E-state index contributed by atoms with van der Waals surface area (Å²) in [6.45, 7) is 8.26. The average Bonchev–Trinajstić information content (AvgIpc) is 2.72. The van der Waals surface area contributed by atoms with Crippen LogP contribution in [0.2, 0.25) is 0 Å². The van der Waals surface area contributed by atoms with E-state index in [1.165, 1.54) is 51.0 Å². The number of nitrogens with zero attached hydrogens (tertiary/aromatic N) is 2. The van der Waals surface area contributed by atoms with Gasteiger partial charge in [-0.05, 0) is 57.1 Å². The van der Waals surface area contributed by atoms with Gasteiger partial charge in [0.1, 0.15) is 0 Å². The van der Waals surface area contributed by atoms with Crippen LogP contribution in [0.1, 0.15) is 36.9 Å². The third-order valence-electron chi connectivity index (χ3n) is 5.04. The van der Waals surface area contributed by atoms with Gasteiger partial charge >= 0.3 is 0 Å². The van der Waals surface area contributed by atoms with Crippen molar-refractivity contribution in [1.82, 2.24) is 15.1 Å². The second-order valence-electron chi connectivity index (χ2n) is 6.59. The fourth-order valence-corrected chi connectivity index (χ4v) is 3.86. The second kappa shape index (κ2) is 6.91. The first-order valence-electron chi connectivity index (χ1n) is 8.53. The highest BCUT2D eigenvalue weighted by Gasteiger charge is 2.35. The fourth-order valence-electron chi connectivity index (χ4n) is 3.86. The van der Waals surface area contributed by atoms with E-state index >= 15 is 0 Å². The minimum Gasteiger partial charge on any atom is -0.309 e. The van der Waals surface area contributed by atoms with Crippen LogP contribution in [0.5, 0.6) is 0 Å². The number of fused-ring (bicyclic) bond motifs is 1. The van der Waals surface area contributed by atoms with Crippen LogP contribution >= 0.6 is 0 Å². The molecule has 1 fully saturated rings. The Labute approximate surface area is 129 Å². The molecule has 3 rings (SSSR count). The molecule has 2 atom stereocenters. The summed E-state index contributed by atoms with van der Waals surface area (Å²) in [6.07, 6.45) is 3.71. The molecule has 1 heterocycles. The normalized spacial score (nSPS) is 27.5. The lowest BCUT2D eigenvalue weighted by atomic mass is 10.1. The SMILES string of the molecule is CCCNC1c2ccccc2CC1N1CCCN(C)CC1. The van der Waals surface area contributed by atoms with E-state index in [1.54, 1.807) is 5.56 Å². The molecule has 0 amide bonds. The van der Waals surface area contributed by atoms with Crippen molar-refractivity contribution in [2.24, 2.45) is 0 Å². The smallest absolute Gasteiger partial charge is 0.0484 e. The molecule has 2 unspecified atom stereocenters. The van der Waals surface area contributed by atoms with Gasteiger partial charge in [-0.2, -0.15) is 0 Å². The molecule has 0 radical (unpaired) electrons. The highest BCUT2D eigenvalue weighted by Crippen LogP contribution is 2.34. The van der Waals surface area contributed by atoms with Crippen LogP contribution in [-0.2, 0) is 6.42 Å². The number of benzene rings is 1. The number of rotatable bonds is 4. The Morgan fingerprint density at radius 2 is 2.00 bits per heavy atom. The molecule has 1 aromatic rings. The lowest BCUT2D eigenvalue weighted by Gasteiger charge is -2.33. The molecule has 0 saturated carbocycles. The summed E-state index contributed by atoms with van der Waals surface area (Å²) >= 11 is 0. The first kappa shape index (κ1) is 15.0. The summed E-state index contributed by atoms with van der Waals surface area (Å²) < 4.78 is 0. The van der Waals surface area contributed by atoms with Gasteiger partial charge in [0.2, 0.25) is 0 Å². The molecule has 3 nitrogen and oxygen atoms in total. The predicted octanol–water partition coefficient (Wildman–Crippen LogP) is 2.29. The molecule has 2 aliphatic rings. The zero-order chi connectivity index (χ0) is 14.7. The molecule has 0 spiro atoms. The number of nitrogens with one attached hydrogen (secondary N) is 1. The third kappa shape index (κ3) is 3.31. The van der Waals surface area contributed by atoms with Gasteiger partial charge < -0.3 is 10.2 Å². The first-order chi connectivity index (χ1) is 10.3. The molecule has 1 saturated heterocycles. The Morgan fingerprint density at radius 1 is 1.14 bits per heavy atom. The Bertz CT molecular complexity index is 460.